The Kier molecular flexibility index (Phi) is 7.05. The maximum Gasteiger partial charge on any atom is 0.255 e. The van der Waals surface area contributed by atoms with Gasteiger partial charge in [-0.2, -0.15) is 0 Å². The van der Waals surface area contributed by atoms with Crippen LogP contribution in [-0.4, -0.2) is 47.7 Å². The van der Waals surface area contributed by atoms with Crippen LogP contribution in [0.15, 0.2) is 36.4 Å². The lowest BCUT2D eigenvalue weighted by atomic mass is 9.85. The van der Waals surface area contributed by atoms with Crippen molar-refractivity contribution in [1.82, 2.24) is 15.5 Å². The minimum Gasteiger partial charge on any atom is -0.495 e. The Morgan fingerprint density at radius 3 is 2.79 bits per heavy atom. The molecule has 1 saturated carbocycles. The molecule has 3 atom stereocenters. The second-order valence-corrected chi connectivity index (χ2v) is 9.99. The number of nitrogens with two attached hydrogens (primary N) is 1. The molecule has 9 nitrogen and oxygen atoms in total. The molecular formula is C29H30N4O5. The smallest absolute Gasteiger partial charge is 0.255 e. The van der Waals surface area contributed by atoms with Gasteiger partial charge in [-0.1, -0.05) is 24.3 Å². The molecule has 4 N–H and O–H groups in total. The van der Waals surface area contributed by atoms with Crippen molar-refractivity contribution >= 4 is 29.3 Å². The van der Waals surface area contributed by atoms with Crippen LogP contribution in [0.5, 0.6) is 5.75 Å². The van der Waals surface area contributed by atoms with Crippen molar-refractivity contribution in [2.75, 3.05) is 12.8 Å². The third kappa shape index (κ3) is 5.07. The van der Waals surface area contributed by atoms with Gasteiger partial charge in [0.05, 0.1) is 12.8 Å². The highest BCUT2D eigenvalue weighted by atomic mass is 16.5. The zero-order chi connectivity index (χ0) is 26.8. The van der Waals surface area contributed by atoms with Crippen LogP contribution in [0.25, 0.3) is 0 Å². The van der Waals surface area contributed by atoms with Crippen LogP contribution in [0.3, 0.4) is 0 Å². The van der Waals surface area contributed by atoms with Crippen molar-refractivity contribution in [3.05, 3.63) is 58.7 Å². The molecule has 3 aliphatic rings. The third-order valence-electron chi connectivity index (χ3n) is 7.50. The topological polar surface area (TPSA) is 131 Å². The van der Waals surface area contributed by atoms with E-state index in [1.165, 1.54) is 12.0 Å². The molecule has 2 aromatic rings. The quantitative estimate of drug-likeness (QED) is 0.326. The lowest BCUT2D eigenvalue weighted by Crippen LogP contribution is -2.52. The lowest BCUT2D eigenvalue weighted by Gasteiger charge is -2.29. The fraction of sp³-hybridized carbons (Fsp3) is 0.379. The maximum atomic E-state index is 13.1. The van der Waals surface area contributed by atoms with Crippen LogP contribution in [0.2, 0.25) is 0 Å². The summed E-state index contributed by atoms with van der Waals surface area (Å²) in [5.74, 6) is 6.10. The van der Waals surface area contributed by atoms with Crippen molar-refractivity contribution < 1.29 is 23.9 Å². The van der Waals surface area contributed by atoms with Crippen LogP contribution in [0.4, 0.5) is 5.69 Å². The van der Waals surface area contributed by atoms with E-state index in [-0.39, 0.29) is 36.1 Å². The normalized spacial score (nSPS) is 22.7. The zero-order valence-corrected chi connectivity index (χ0v) is 21.2. The number of anilines is 1. The Balaban J connectivity index is 1.26. The van der Waals surface area contributed by atoms with Crippen molar-refractivity contribution in [3.63, 3.8) is 0 Å². The van der Waals surface area contributed by atoms with E-state index in [9.17, 15) is 19.2 Å². The fourth-order valence-corrected chi connectivity index (χ4v) is 5.46. The number of benzene rings is 2. The molecule has 0 bridgehead atoms. The molecule has 5 rings (SSSR count). The average molecular weight is 515 g/mol. The number of ether oxygens (including phenoxy) is 1. The molecule has 4 amide bonds. The van der Waals surface area contributed by atoms with E-state index < -0.39 is 11.9 Å². The number of hydrogen-bond acceptors (Lipinski definition) is 6. The van der Waals surface area contributed by atoms with Gasteiger partial charge >= 0.3 is 0 Å². The van der Waals surface area contributed by atoms with Crippen molar-refractivity contribution in [1.29, 1.82) is 0 Å². The van der Waals surface area contributed by atoms with Crippen molar-refractivity contribution in [2.45, 2.75) is 57.2 Å². The average Bonchev–Trinajstić information content (AvgIpc) is 3.24. The van der Waals surface area contributed by atoms with E-state index in [2.05, 4.69) is 22.5 Å². The molecule has 2 fully saturated rings. The predicted octanol–water partition coefficient (Wildman–Crippen LogP) is 2.38. The highest BCUT2D eigenvalue weighted by Crippen LogP contribution is 2.30. The number of piperidine rings is 1. The van der Waals surface area contributed by atoms with Gasteiger partial charge in [0.2, 0.25) is 11.8 Å². The molecular weight excluding hydrogens is 484 g/mol. The van der Waals surface area contributed by atoms with Gasteiger partial charge in [-0.05, 0) is 61.6 Å². The SMILES string of the molecule is COc1cc(C(=O)N[C@@H]2CCC[C@@H](C#Cc3cccc4c3CN(C3CCC(=O)NC3=O)C4=O)C2)ccc1N. The molecule has 0 aromatic heterocycles. The predicted molar refractivity (Wildman–Crippen MR) is 140 cm³/mol. The van der Waals surface area contributed by atoms with Crippen LogP contribution in [0, 0.1) is 17.8 Å². The van der Waals surface area contributed by atoms with E-state index in [1.807, 2.05) is 6.07 Å². The number of carbonyl (C=O) groups is 4. The van der Waals surface area contributed by atoms with Gasteiger partial charge < -0.3 is 20.7 Å². The Morgan fingerprint density at radius 1 is 1.16 bits per heavy atom. The second-order valence-electron chi connectivity index (χ2n) is 9.99. The minimum atomic E-state index is -0.655. The molecule has 0 radical (unpaired) electrons. The fourth-order valence-electron chi connectivity index (χ4n) is 5.46. The summed E-state index contributed by atoms with van der Waals surface area (Å²) in [6.07, 6.45) is 4.04. The van der Waals surface area contributed by atoms with Crippen LogP contribution in [-0.2, 0) is 16.1 Å². The Hall–Kier alpha value is -4.32. The first-order valence-corrected chi connectivity index (χ1v) is 12.9. The highest BCUT2D eigenvalue weighted by Gasteiger charge is 2.39. The Morgan fingerprint density at radius 2 is 2.00 bits per heavy atom. The number of nitrogen functional groups attached to an aromatic ring is 1. The summed E-state index contributed by atoms with van der Waals surface area (Å²) < 4.78 is 5.23. The number of amides is 4. The summed E-state index contributed by atoms with van der Waals surface area (Å²) >= 11 is 0. The number of fused-ring (bicyclic) bond motifs is 1. The summed E-state index contributed by atoms with van der Waals surface area (Å²) in [7, 11) is 1.52. The molecule has 0 spiro atoms. The highest BCUT2D eigenvalue weighted by molar-refractivity contribution is 6.05. The monoisotopic (exact) mass is 514 g/mol. The molecule has 2 aliphatic heterocycles. The molecule has 196 valence electrons. The van der Waals surface area contributed by atoms with Crippen molar-refractivity contribution in [3.8, 4) is 17.6 Å². The minimum absolute atomic E-state index is 0.00480. The largest absolute Gasteiger partial charge is 0.495 e. The van der Waals surface area contributed by atoms with Gasteiger partial charge in [0.1, 0.15) is 11.8 Å². The summed E-state index contributed by atoms with van der Waals surface area (Å²) in [5.41, 5.74) is 8.96. The van der Waals surface area contributed by atoms with Gasteiger partial charge in [0, 0.05) is 41.6 Å². The Bertz CT molecular complexity index is 1370. The second kappa shape index (κ2) is 10.6. The summed E-state index contributed by atoms with van der Waals surface area (Å²) in [5, 5.41) is 5.45. The molecule has 9 heteroatoms. The van der Waals surface area contributed by atoms with Gasteiger partial charge in [-0.15, -0.1) is 0 Å². The maximum absolute atomic E-state index is 13.1. The third-order valence-corrected chi connectivity index (χ3v) is 7.50. The number of imide groups is 1. The molecule has 1 unspecified atom stereocenters. The van der Waals surface area contributed by atoms with E-state index in [0.717, 1.165) is 36.8 Å². The number of nitrogens with zero attached hydrogens (tertiary/aromatic N) is 1. The number of carbonyl (C=O) groups excluding carboxylic acids is 4. The van der Waals surface area contributed by atoms with E-state index in [1.54, 1.807) is 30.3 Å². The first kappa shape index (κ1) is 25.3. The number of hydrogen-bond donors (Lipinski definition) is 3. The summed E-state index contributed by atoms with van der Waals surface area (Å²) in [6.45, 7) is 0.291. The molecule has 2 aromatic carbocycles. The van der Waals surface area contributed by atoms with Crippen LogP contribution in [0.1, 0.15) is 70.4 Å². The summed E-state index contributed by atoms with van der Waals surface area (Å²) in [4.78, 5) is 51.3. The standard InChI is InChI=1S/C29H30N4O5/c1-38-25-15-19(10-11-23(25)30)27(35)31-20-6-2-4-17(14-20)8-9-18-5-3-7-21-22(18)16-33(29(21)37)24-12-13-26(34)32-28(24)36/h3,5,7,10-11,15,17,20,24H,2,4,6,12-14,16,30H2,1H3,(H,31,35)(H,32,34,36)/t17-,20+,24?/m0/s1. The van der Waals surface area contributed by atoms with E-state index in [0.29, 0.717) is 35.5 Å². The molecule has 1 saturated heterocycles. The first-order chi connectivity index (χ1) is 18.3. The zero-order valence-electron chi connectivity index (χ0n) is 21.2. The molecule has 38 heavy (non-hydrogen) atoms. The number of rotatable bonds is 4. The van der Waals surface area contributed by atoms with Gasteiger partial charge in [-0.25, -0.2) is 0 Å². The number of methoxy groups -OCH3 is 1. The summed E-state index contributed by atoms with van der Waals surface area (Å²) in [6, 6.07) is 9.79. The molecule has 1 aliphatic carbocycles. The molecule has 2 heterocycles. The van der Waals surface area contributed by atoms with Gasteiger partial charge in [0.25, 0.3) is 11.8 Å². The first-order valence-electron chi connectivity index (χ1n) is 12.9. The van der Waals surface area contributed by atoms with Crippen LogP contribution < -0.4 is 21.1 Å². The Labute approximate surface area is 221 Å². The van der Waals surface area contributed by atoms with Crippen molar-refractivity contribution in [2.24, 2.45) is 5.92 Å². The number of nitrogens with one attached hydrogen (secondary N) is 2. The van der Waals surface area contributed by atoms with E-state index in [4.69, 9.17) is 10.5 Å². The lowest BCUT2D eigenvalue weighted by molar-refractivity contribution is -0.136. The van der Waals surface area contributed by atoms with E-state index >= 15 is 0 Å². The van der Waals surface area contributed by atoms with Gasteiger partial charge in [-0.3, -0.25) is 24.5 Å². The van der Waals surface area contributed by atoms with Crippen LogP contribution >= 0.6 is 0 Å². The van der Waals surface area contributed by atoms with Gasteiger partial charge in [0.15, 0.2) is 0 Å².